The van der Waals surface area contributed by atoms with Crippen LogP contribution in [0.15, 0.2) is 18.2 Å². The first-order valence-electron chi connectivity index (χ1n) is 10.00. The summed E-state index contributed by atoms with van der Waals surface area (Å²) in [5.74, 6) is -0.267. The largest absolute Gasteiger partial charge is 0.452 e. The minimum Gasteiger partial charge on any atom is -0.452 e. The highest BCUT2D eigenvalue weighted by Crippen LogP contribution is 2.32. The van der Waals surface area contributed by atoms with Crippen molar-refractivity contribution in [2.75, 3.05) is 25.2 Å². The fraction of sp³-hybridized carbons (Fsp3) is 0.524. The molecule has 2 aliphatic rings. The maximum atomic E-state index is 12.5. The van der Waals surface area contributed by atoms with E-state index < -0.39 is 28.3 Å². The molecule has 1 N–H and O–H groups in total. The molecular weight excluding hydrogens is 392 g/mol. The first kappa shape index (κ1) is 19.9. The lowest BCUT2D eigenvalue weighted by Crippen LogP contribution is -2.40. The number of H-pyrrole nitrogens is 1. The summed E-state index contributed by atoms with van der Waals surface area (Å²) in [7, 11) is -1.52. The van der Waals surface area contributed by atoms with Crippen LogP contribution in [-0.4, -0.2) is 61.4 Å². The van der Waals surface area contributed by atoms with Gasteiger partial charge in [-0.15, -0.1) is 0 Å². The van der Waals surface area contributed by atoms with E-state index in [9.17, 15) is 18.0 Å². The van der Waals surface area contributed by atoms with Crippen molar-refractivity contribution in [1.29, 1.82) is 0 Å². The summed E-state index contributed by atoms with van der Waals surface area (Å²) in [6.07, 6.45) is 3.59. The van der Waals surface area contributed by atoms with Crippen molar-refractivity contribution in [2.24, 2.45) is 5.92 Å². The fourth-order valence-corrected chi connectivity index (χ4v) is 6.09. The SMILES string of the molecule is C[C@H]1CCc2[nH]c3ccc(C(=O)OCC(=O)N(C)[C@H]4CCS(=O)(=O)C4)cc3c2C1. The Kier molecular flexibility index (Phi) is 5.14. The molecule has 2 heterocycles. The Balaban J connectivity index is 1.42. The molecule has 1 aromatic carbocycles. The summed E-state index contributed by atoms with van der Waals surface area (Å²) in [5, 5.41) is 1.04. The standard InChI is InChI=1S/C21H26N2O5S/c1-13-3-5-18-16(9-13)17-10-14(4-6-19(17)22-18)21(25)28-11-20(24)23(2)15-7-8-29(26,27)12-15/h4,6,10,13,15,22H,3,5,7-9,11-12H2,1-2H3/t13-,15-/m0/s1. The molecule has 4 rings (SSSR count). The van der Waals surface area contributed by atoms with E-state index in [0.717, 1.165) is 30.2 Å². The number of hydrogen-bond acceptors (Lipinski definition) is 5. The van der Waals surface area contributed by atoms with Gasteiger partial charge in [0.25, 0.3) is 5.91 Å². The Morgan fingerprint density at radius 1 is 1.28 bits per heavy atom. The van der Waals surface area contributed by atoms with Crippen LogP contribution in [0.2, 0.25) is 0 Å². The normalized spacial score (nSPS) is 23.0. The molecule has 156 valence electrons. The van der Waals surface area contributed by atoms with Crippen molar-refractivity contribution in [3.63, 3.8) is 0 Å². The van der Waals surface area contributed by atoms with Crippen LogP contribution in [0, 0.1) is 5.92 Å². The van der Waals surface area contributed by atoms with Gasteiger partial charge in [0.05, 0.1) is 17.1 Å². The number of nitrogens with zero attached hydrogens (tertiary/aromatic N) is 1. The van der Waals surface area contributed by atoms with E-state index in [2.05, 4.69) is 11.9 Å². The smallest absolute Gasteiger partial charge is 0.338 e. The molecule has 0 spiro atoms. The molecule has 7 nitrogen and oxygen atoms in total. The zero-order valence-electron chi connectivity index (χ0n) is 16.7. The maximum Gasteiger partial charge on any atom is 0.338 e. The van der Waals surface area contributed by atoms with Crippen LogP contribution in [0.1, 0.15) is 41.4 Å². The number of aryl methyl sites for hydroxylation is 1. The second-order valence-corrected chi connectivity index (χ2v) is 10.6. The number of aromatic amines is 1. The monoisotopic (exact) mass is 418 g/mol. The van der Waals surface area contributed by atoms with Gasteiger partial charge in [-0.2, -0.15) is 0 Å². The number of fused-ring (bicyclic) bond motifs is 3. The topological polar surface area (TPSA) is 96.5 Å². The van der Waals surface area contributed by atoms with Gasteiger partial charge in [0.15, 0.2) is 16.4 Å². The zero-order valence-corrected chi connectivity index (χ0v) is 17.5. The van der Waals surface area contributed by atoms with Gasteiger partial charge in [0, 0.05) is 29.7 Å². The summed E-state index contributed by atoms with van der Waals surface area (Å²) in [5.41, 5.74) is 3.94. The highest BCUT2D eigenvalue weighted by atomic mass is 32.2. The van der Waals surface area contributed by atoms with Gasteiger partial charge in [0.2, 0.25) is 0 Å². The number of rotatable bonds is 4. The zero-order chi connectivity index (χ0) is 20.8. The lowest BCUT2D eigenvalue weighted by atomic mass is 9.87. The van der Waals surface area contributed by atoms with Crippen molar-refractivity contribution in [1.82, 2.24) is 9.88 Å². The first-order chi connectivity index (χ1) is 13.7. The molecule has 0 unspecified atom stereocenters. The van der Waals surface area contributed by atoms with E-state index in [1.807, 2.05) is 12.1 Å². The van der Waals surface area contributed by atoms with Crippen molar-refractivity contribution in [2.45, 2.75) is 38.6 Å². The maximum absolute atomic E-state index is 12.5. The third-order valence-electron chi connectivity index (χ3n) is 6.15. The van der Waals surface area contributed by atoms with Gasteiger partial charge >= 0.3 is 5.97 Å². The van der Waals surface area contributed by atoms with E-state index in [-0.39, 0.29) is 17.5 Å². The quantitative estimate of drug-likeness (QED) is 0.767. The predicted molar refractivity (Wildman–Crippen MR) is 110 cm³/mol. The Morgan fingerprint density at radius 3 is 2.79 bits per heavy atom. The van der Waals surface area contributed by atoms with E-state index in [0.29, 0.717) is 17.9 Å². The molecule has 1 amide bonds. The van der Waals surface area contributed by atoms with Gasteiger partial charge in [-0.25, -0.2) is 13.2 Å². The summed E-state index contributed by atoms with van der Waals surface area (Å²) in [4.78, 5) is 29.6. The van der Waals surface area contributed by atoms with Crippen molar-refractivity contribution in [3.05, 3.63) is 35.0 Å². The number of hydrogen-bond donors (Lipinski definition) is 1. The Morgan fingerprint density at radius 2 is 2.07 bits per heavy atom. The third kappa shape index (κ3) is 4.03. The number of sulfone groups is 1. The van der Waals surface area contributed by atoms with Crippen molar-refractivity contribution in [3.8, 4) is 0 Å². The third-order valence-corrected chi connectivity index (χ3v) is 7.90. The van der Waals surface area contributed by atoms with Crippen LogP contribution < -0.4 is 0 Å². The van der Waals surface area contributed by atoms with Gasteiger partial charge in [-0.3, -0.25) is 4.79 Å². The van der Waals surface area contributed by atoms with Crippen LogP contribution >= 0.6 is 0 Å². The molecule has 29 heavy (non-hydrogen) atoms. The molecule has 0 bridgehead atoms. The summed E-state index contributed by atoms with van der Waals surface area (Å²) in [6.45, 7) is 1.84. The molecule has 2 atom stereocenters. The number of nitrogens with one attached hydrogen (secondary N) is 1. The second-order valence-electron chi connectivity index (χ2n) is 8.33. The summed E-state index contributed by atoms with van der Waals surface area (Å²) >= 11 is 0. The number of amides is 1. The average molecular weight is 419 g/mol. The molecule has 8 heteroatoms. The minimum atomic E-state index is -3.08. The number of ether oxygens (including phenoxy) is 1. The molecular formula is C21H26N2O5S. The van der Waals surface area contributed by atoms with Crippen LogP contribution in [0.4, 0.5) is 0 Å². The number of likely N-dealkylation sites (N-methyl/N-ethyl adjacent to an activating group) is 1. The predicted octanol–water partition coefficient (Wildman–Crippen LogP) is 2.09. The Bertz CT molecular complexity index is 1070. The number of aromatic nitrogens is 1. The van der Waals surface area contributed by atoms with Gasteiger partial charge < -0.3 is 14.6 Å². The van der Waals surface area contributed by atoms with Crippen LogP contribution in [-0.2, 0) is 32.2 Å². The summed E-state index contributed by atoms with van der Waals surface area (Å²) in [6, 6.07) is 5.07. The van der Waals surface area contributed by atoms with E-state index in [1.165, 1.54) is 16.2 Å². The molecule has 1 aliphatic carbocycles. The number of carbonyl (C=O) groups is 2. The van der Waals surface area contributed by atoms with Gasteiger partial charge in [0.1, 0.15) is 0 Å². The Hall–Kier alpha value is -2.35. The van der Waals surface area contributed by atoms with Crippen molar-refractivity contribution >= 4 is 32.6 Å². The number of carbonyl (C=O) groups excluding carboxylic acids is 2. The highest BCUT2D eigenvalue weighted by Gasteiger charge is 2.33. The van der Waals surface area contributed by atoms with E-state index in [4.69, 9.17) is 4.74 Å². The molecule has 0 saturated carbocycles. The first-order valence-corrected chi connectivity index (χ1v) is 11.8. The molecule has 0 radical (unpaired) electrons. The van der Waals surface area contributed by atoms with Crippen LogP contribution in [0.3, 0.4) is 0 Å². The molecule has 2 aromatic rings. The molecule has 1 fully saturated rings. The molecule has 1 saturated heterocycles. The number of benzene rings is 1. The fourth-order valence-electron chi connectivity index (χ4n) is 4.32. The van der Waals surface area contributed by atoms with Gasteiger partial charge in [-0.1, -0.05) is 6.92 Å². The van der Waals surface area contributed by atoms with Crippen molar-refractivity contribution < 1.29 is 22.7 Å². The van der Waals surface area contributed by atoms with Gasteiger partial charge in [-0.05, 0) is 55.4 Å². The van der Waals surface area contributed by atoms with Crippen LogP contribution in [0.25, 0.3) is 10.9 Å². The molecule has 1 aliphatic heterocycles. The van der Waals surface area contributed by atoms with Crippen LogP contribution in [0.5, 0.6) is 0 Å². The lowest BCUT2D eigenvalue weighted by molar-refractivity contribution is -0.134. The Labute approximate surface area is 170 Å². The second kappa shape index (κ2) is 7.48. The molecule has 1 aromatic heterocycles. The van der Waals surface area contributed by atoms with E-state index in [1.54, 1.807) is 13.1 Å². The lowest BCUT2D eigenvalue weighted by Gasteiger charge is -2.23. The minimum absolute atomic E-state index is 0.0309. The number of esters is 1. The average Bonchev–Trinajstić information content (AvgIpc) is 3.24. The highest BCUT2D eigenvalue weighted by molar-refractivity contribution is 7.91. The summed E-state index contributed by atoms with van der Waals surface area (Å²) < 4.78 is 28.4. The van der Waals surface area contributed by atoms with E-state index >= 15 is 0 Å².